The van der Waals surface area contributed by atoms with Crippen LogP contribution in [0.25, 0.3) is 0 Å². The van der Waals surface area contributed by atoms with Crippen molar-refractivity contribution in [2.45, 2.75) is 45.8 Å². The molecule has 6 heteroatoms. The lowest BCUT2D eigenvalue weighted by Gasteiger charge is -2.35. The highest BCUT2D eigenvalue weighted by Crippen LogP contribution is 2.20. The van der Waals surface area contributed by atoms with Crippen LogP contribution in [0.4, 0.5) is 5.69 Å². The fraction of sp³-hybridized carbons (Fsp3) is 0.619. The molecule has 0 aromatic heterocycles. The number of carbonyl (C=O) groups excluding carboxylic acids is 2. The third-order valence-corrected chi connectivity index (χ3v) is 6.24. The second-order valence-corrected chi connectivity index (χ2v) is 8.73. The number of anilines is 1. The number of hydrogen-bond donors (Lipinski definition) is 1. The van der Waals surface area contributed by atoms with Crippen LogP contribution in [0.5, 0.6) is 0 Å². The number of para-hydroxylation sites is 1. The second-order valence-electron chi connectivity index (χ2n) is 7.28. The zero-order chi connectivity index (χ0) is 19.8. The van der Waals surface area contributed by atoms with Gasteiger partial charge in [0.25, 0.3) is 0 Å². The molecule has 0 aliphatic carbocycles. The van der Waals surface area contributed by atoms with Gasteiger partial charge in [-0.25, -0.2) is 0 Å². The summed E-state index contributed by atoms with van der Waals surface area (Å²) in [4.78, 5) is 29.0. The monoisotopic (exact) mass is 391 g/mol. The number of unbranched alkanes of at least 4 members (excludes halogenated alkanes) is 1. The lowest BCUT2D eigenvalue weighted by Crippen LogP contribution is -2.52. The van der Waals surface area contributed by atoms with Gasteiger partial charge in [-0.3, -0.25) is 14.5 Å². The Labute approximate surface area is 167 Å². The molecule has 1 aliphatic rings. The van der Waals surface area contributed by atoms with Gasteiger partial charge in [0, 0.05) is 31.9 Å². The fourth-order valence-corrected chi connectivity index (χ4v) is 4.35. The minimum atomic E-state index is 0.00988. The zero-order valence-corrected chi connectivity index (χ0v) is 17.9. The number of rotatable bonds is 8. The predicted molar refractivity (Wildman–Crippen MR) is 114 cm³/mol. The molecule has 1 heterocycles. The number of benzene rings is 1. The van der Waals surface area contributed by atoms with Crippen molar-refractivity contribution in [2.75, 3.05) is 43.8 Å². The molecule has 0 bridgehead atoms. The molecule has 1 aromatic rings. The third kappa shape index (κ3) is 6.54. The summed E-state index contributed by atoms with van der Waals surface area (Å²) in [7, 11) is 0. The van der Waals surface area contributed by atoms with Crippen molar-refractivity contribution < 1.29 is 9.59 Å². The normalized spacial score (nSPS) is 16.2. The predicted octanol–water partition coefficient (Wildman–Crippen LogP) is 3.31. The van der Waals surface area contributed by atoms with Crippen LogP contribution in [-0.2, 0) is 9.59 Å². The molecule has 0 unspecified atom stereocenters. The van der Waals surface area contributed by atoms with Crippen molar-refractivity contribution in [2.24, 2.45) is 0 Å². The van der Waals surface area contributed by atoms with Crippen molar-refractivity contribution >= 4 is 29.3 Å². The number of amides is 2. The van der Waals surface area contributed by atoms with E-state index in [1.54, 1.807) is 11.8 Å². The quantitative estimate of drug-likeness (QED) is 0.691. The van der Waals surface area contributed by atoms with Crippen molar-refractivity contribution in [3.05, 3.63) is 29.3 Å². The minimum absolute atomic E-state index is 0.00988. The van der Waals surface area contributed by atoms with Gasteiger partial charge in [-0.05, 0) is 44.1 Å². The maximum atomic E-state index is 12.5. The standard InChI is InChI=1S/C21H33N3O2S/c1-5-6-14-27-18(4)21(26)24-12-10-23(11-13-24)15-19(25)22-20-16(2)8-7-9-17(20)3/h7-9,18H,5-6,10-15H2,1-4H3,(H,22,25)/t18-/m1/s1. The Morgan fingerprint density at radius 3 is 2.37 bits per heavy atom. The smallest absolute Gasteiger partial charge is 0.238 e. The fourth-order valence-electron chi connectivity index (χ4n) is 3.25. The van der Waals surface area contributed by atoms with E-state index in [-0.39, 0.29) is 17.1 Å². The molecule has 0 radical (unpaired) electrons. The summed E-state index contributed by atoms with van der Waals surface area (Å²) in [5.41, 5.74) is 3.07. The van der Waals surface area contributed by atoms with Crippen LogP contribution < -0.4 is 5.32 Å². The Hall–Kier alpha value is -1.53. The summed E-state index contributed by atoms with van der Waals surface area (Å²) in [5.74, 6) is 1.29. The van der Waals surface area contributed by atoms with Gasteiger partial charge in [-0.15, -0.1) is 11.8 Å². The Bertz CT molecular complexity index is 622. The first-order chi connectivity index (χ1) is 12.9. The number of piperazine rings is 1. The third-order valence-electron chi connectivity index (χ3n) is 5.01. The lowest BCUT2D eigenvalue weighted by molar-refractivity contribution is -0.132. The highest BCUT2D eigenvalue weighted by Gasteiger charge is 2.25. The zero-order valence-electron chi connectivity index (χ0n) is 17.1. The van der Waals surface area contributed by atoms with E-state index in [9.17, 15) is 9.59 Å². The summed E-state index contributed by atoms with van der Waals surface area (Å²) in [6.07, 6.45) is 2.32. The summed E-state index contributed by atoms with van der Waals surface area (Å²) < 4.78 is 0. The highest BCUT2D eigenvalue weighted by molar-refractivity contribution is 8.00. The van der Waals surface area contributed by atoms with Crippen LogP contribution in [0, 0.1) is 13.8 Å². The topological polar surface area (TPSA) is 52.7 Å². The molecule has 0 spiro atoms. The number of aryl methyl sites for hydroxylation is 2. The molecule has 27 heavy (non-hydrogen) atoms. The van der Waals surface area contributed by atoms with E-state index in [0.29, 0.717) is 19.6 Å². The number of carbonyl (C=O) groups is 2. The molecule has 1 fully saturated rings. The Morgan fingerprint density at radius 1 is 1.15 bits per heavy atom. The van der Waals surface area contributed by atoms with Crippen LogP contribution in [0.1, 0.15) is 37.8 Å². The van der Waals surface area contributed by atoms with E-state index >= 15 is 0 Å². The van der Waals surface area contributed by atoms with Gasteiger partial charge >= 0.3 is 0 Å². The van der Waals surface area contributed by atoms with Crippen LogP contribution in [0.2, 0.25) is 0 Å². The van der Waals surface area contributed by atoms with Gasteiger partial charge in [0.05, 0.1) is 11.8 Å². The van der Waals surface area contributed by atoms with Gasteiger partial charge in [-0.1, -0.05) is 31.5 Å². The van der Waals surface area contributed by atoms with Crippen LogP contribution >= 0.6 is 11.8 Å². The number of thioether (sulfide) groups is 1. The average Bonchev–Trinajstić information content (AvgIpc) is 2.65. The van der Waals surface area contributed by atoms with Gasteiger partial charge in [0.1, 0.15) is 0 Å². The van der Waals surface area contributed by atoms with E-state index in [1.165, 1.54) is 0 Å². The molecule has 1 N–H and O–H groups in total. The first kappa shape index (κ1) is 21.8. The first-order valence-corrected chi connectivity index (χ1v) is 11.0. The maximum Gasteiger partial charge on any atom is 0.238 e. The maximum absolute atomic E-state index is 12.5. The van der Waals surface area contributed by atoms with Gasteiger partial charge in [-0.2, -0.15) is 0 Å². The van der Waals surface area contributed by atoms with Crippen molar-refractivity contribution in [3.63, 3.8) is 0 Å². The molecule has 1 aromatic carbocycles. The van der Waals surface area contributed by atoms with E-state index in [0.717, 1.165) is 48.5 Å². The van der Waals surface area contributed by atoms with Crippen molar-refractivity contribution in [1.29, 1.82) is 0 Å². The molecule has 0 saturated carbocycles. The average molecular weight is 392 g/mol. The molecular formula is C21H33N3O2S. The molecule has 1 saturated heterocycles. The Morgan fingerprint density at radius 2 is 1.78 bits per heavy atom. The molecule has 2 rings (SSSR count). The second kappa shape index (κ2) is 10.7. The van der Waals surface area contributed by atoms with Crippen molar-refractivity contribution in [3.8, 4) is 0 Å². The molecule has 1 atom stereocenters. The van der Waals surface area contributed by atoms with Gasteiger partial charge < -0.3 is 10.2 Å². The van der Waals surface area contributed by atoms with Crippen LogP contribution in [0.3, 0.4) is 0 Å². The van der Waals surface area contributed by atoms with Crippen LogP contribution in [-0.4, -0.2) is 65.3 Å². The number of hydrogen-bond acceptors (Lipinski definition) is 4. The van der Waals surface area contributed by atoms with Crippen LogP contribution in [0.15, 0.2) is 18.2 Å². The van der Waals surface area contributed by atoms with Gasteiger partial charge in [0.15, 0.2) is 0 Å². The Kier molecular flexibility index (Phi) is 8.64. The largest absolute Gasteiger partial charge is 0.339 e. The Balaban J connectivity index is 1.77. The van der Waals surface area contributed by atoms with E-state index in [2.05, 4.69) is 17.1 Å². The lowest BCUT2D eigenvalue weighted by atomic mass is 10.1. The van der Waals surface area contributed by atoms with E-state index < -0.39 is 0 Å². The SMILES string of the molecule is CCCCS[C@H](C)C(=O)N1CCN(CC(=O)Nc2c(C)cccc2C)CC1. The molecule has 2 amide bonds. The summed E-state index contributed by atoms with van der Waals surface area (Å²) in [6, 6.07) is 6.01. The minimum Gasteiger partial charge on any atom is -0.339 e. The van der Waals surface area contributed by atoms with Gasteiger partial charge in [0.2, 0.25) is 11.8 Å². The van der Waals surface area contributed by atoms with E-state index in [4.69, 9.17) is 0 Å². The summed E-state index contributed by atoms with van der Waals surface area (Å²) >= 11 is 1.75. The molecule has 150 valence electrons. The van der Waals surface area contributed by atoms with E-state index in [1.807, 2.05) is 43.9 Å². The van der Waals surface area contributed by atoms with Crippen molar-refractivity contribution in [1.82, 2.24) is 9.80 Å². The molecule has 1 aliphatic heterocycles. The summed E-state index contributed by atoms with van der Waals surface area (Å²) in [5, 5.41) is 3.07. The number of nitrogens with zero attached hydrogens (tertiary/aromatic N) is 2. The molecular weight excluding hydrogens is 358 g/mol. The first-order valence-electron chi connectivity index (χ1n) is 9.91. The number of nitrogens with one attached hydrogen (secondary N) is 1. The molecule has 5 nitrogen and oxygen atoms in total. The highest BCUT2D eigenvalue weighted by atomic mass is 32.2. The summed E-state index contributed by atoms with van der Waals surface area (Å²) in [6.45, 7) is 11.5.